The first-order chi connectivity index (χ1) is 11.2. The molecule has 3 rings (SSSR count). The number of anilines is 1. The highest BCUT2D eigenvalue weighted by Crippen LogP contribution is 2.49. The normalized spacial score (nSPS) is 24.6. The molecule has 1 heterocycles. The summed E-state index contributed by atoms with van der Waals surface area (Å²) in [7, 11) is 0. The minimum atomic E-state index is -3.31. The maximum atomic E-state index is 14.1. The van der Waals surface area contributed by atoms with Gasteiger partial charge >= 0.3 is 0 Å². The summed E-state index contributed by atoms with van der Waals surface area (Å²) in [4.78, 5) is 1.23. The van der Waals surface area contributed by atoms with E-state index in [9.17, 15) is 22.7 Å². The smallest absolute Gasteiger partial charge is 0.292 e. The Balaban J connectivity index is 1.88. The van der Waals surface area contributed by atoms with Crippen molar-refractivity contribution in [2.75, 3.05) is 11.9 Å². The molecule has 0 radical (unpaired) electrons. The maximum absolute atomic E-state index is 14.1. The van der Waals surface area contributed by atoms with Crippen molar-refractivity contribution in [2.45, 2.75) is 43.2 Å². The van der Waals surface area contributed by atoms with Crippen LogP contribution in [-0.2, 0) is 0 Å². The molecule has 1 atom stereocenters. The van der Waals surface area contributed by atoms with Crippen molar-refractivity contribution in [1.82, 2.24) is 4.90 Å². The molecule has 1 aromatic carbocycles. The van der Waals surface area contributed by atoms with E-state index in [1.807, 2.05) is 0 Å². The molecule has 0 amide bonds. The Labute approximate surface area is 146 Å². The zero-order chi connectivity index (χ0) is 17.7. The van der Waals surface area contributed by atoms with Crippen LogP contribution in [0, 0.1) is 11.6 Å². The molecule has 2 aliphatic rings. The fourth-order valence-corrected chi connectivity index (χ4v) is 4.13. The minimum Gasteiger partial charge on any atom is -0.384 e. The fraction of sp³-hybridized carbons (Fsp3) is 0.533. The van der Waals surface area contributed by atoms with E-state index in [1.165, 1.54) is 4.90 Å². The van der Waals surface area contributed by atoms with E-state index in [0.29, 0.717) is 25.7 Å². The molecular weight excluding hydrogens is 368 g/mol. The zero-order valence-corrected chi connectivity index (χ0v) is 14.0. The average Bonchev–Trinajstić information content (AvgIpc) is 3.09. The lowest BCUT2D eigenvalue weighted by atomic mass is 9.90. The Bertz CT molecular complexity index is 682. The van der Waals surface area contributed by atoms with E-state index in [2.05, 4.69) is 5.32 Å². The number of rotatable bonds is 1. The molecule has 1 aliphatic heterocycles. The first-order valence-electron chi connectivity index (χ1n) is 7.47. The van der Waals surface area contributed by atoms with Crippen LogP contribution in [0.3, 0.4) is 0 Å². The van der Waals surface area contributed by atoms with Gasteiger partial charge in [-0.2, -0.15) is 0 Å². The summed E-state index contributed by atoms with van der Waals surface area (Å²) < 4.78 is 55.3. The van der Waals surface area contributed by atoms with Crippen LogP contribution in [0.2, 0.25) is 5.02 Å². The van der Waals surface area contributed by atoms with Gasteiger partial charge in [0.05, 0.1) is 17.8 Å². The van der Waals surface area contributed by atoms with Gasteiger partial charge in [0.2, 0.25) is 0 Å². The third kappa shape index (κ3) is 2.64. The molecule has 2 N–H and O–H groups in total. The molecule has 1 spiro atoms. The number of thiocarbonyl (C=S) groups is 1. The molecule has 3 nitrogen and oxygen atoms in total. The first kappa shape index (κ1) is 17.7. The number of nitrogens with one attached hydrogen (secondary N) is 1. The molecular formula is C15H15ClF4N2OS. The highest BCUT2D eigenvalue weighted by atomic mass is 35.5. The van der Waals surface area contributed by atoms with Crippen LogP contribution in [0.15, 0.2) is 12.1 Å². The number of hydrogen-bond donors (Lipinski definition) is 2. The fourth-order valence-electron chi connectivity index (χ4n) is 3.61. The second-order valence-electron chi connectivity index (χ2n) is 6.21. The average molecular weight is 383 g/mol. The number of likely N-dealkylation sites (tertiary alicyclic amines) is 1. The van der Waals surface area contributed by atoms with Crippen molar-refractivity contribution < 1.29 is 22.7 Å². The van der Waals surface area contributed by atoms with Crippen LogP contribution in [0.25, 0.3) is 0 Å². The molecule has 2 fully saturated rings. The second-order valence-corrected chi connectivity index (χ2v) is 6.98. The lowest BCUT2D eigenvalue weighted by molar-refractivity contribution is -0.0957. The van der Waals surface area contributed by atoms with Gasteiger partial charge in [-0.1, -0.05) is 24.4 Å². The largest absolute Gasteiger partial charge is 0.384 e. The first-order valence-corrected chi connectivity index (χ1v) is 8.26. The minimum absolute atomic E-state index is 0.144. The summed E-state index contributed by atoms with van der Waals surface area (Å²) in [5, 5.41) is 11.8. The van der Waals surface area contributed by atoms with Crippen molar-refractivity contribution in [1.29, 1.82) is 0 Å². The van der Waals surface area contributed by atoms with Gasteiger partial charge in [0.25, 0.3) is 5.92 Å². The Morgan fingerprint density at radius 3 is 2.54 bits per heavy atom. The van der Waals surface area contributed by atoms with Gasteiger partial charge in [-0.3, -0.25) is 0 Å². The van der Waals surface area contributed by atoms with E-state index in [0.717, 1.165) is 12.1 Å². The van der Waals surface area contributed by atoms with Gasteiger partial charge in [-0.15, -0.1) is 0 Å². The molecule has 1 saturated heterocycles. The van der Waals surface area contributed by atoms with Crippen LogP contribution in [0.4, 0.5) is 23.2 Å². The number of aliphatic hydroxyl groups is 1. The standard InChI is InChI=1S/C15H15ClF4N2OS/c16-10-8(17)3-4-9(11(10)18)21-13(24)22-7-15(19,20)12(23)14(22)5-1-2-6-14/h3-4,12,23H,1-2,5-7H2,(H,21,24). The van der Waals surface area contributed by atoms with E-state index in [-0.39, 0.29) is 10.8 Å². The molecule has 1 aromatic rings. The molecule has 1 aliphatic carbocycles. The van der Waals surface area contributed by atoms with Gasteiger partial charge in [0.1, 0.15) is 16.9 Å². The molecule has 9 heteroatoms. The topological polar surface area (TPSA) is 35.5 Å². The highest BCUT2D eigenvalue weighted by molar-refractivity contribution is 7.80. The summed E-state index contributed by atoms with van der Waals surface area (Å²) >= 11 is 10.7. The van der Waals surface area contributed by atoms with Crippen LogP contribution in [0.5, 0.6) is 0 Å². The lowest BCUT2D eigenvalue weighted by Gasteiger charge is -2.38. The zero-order valence-electron chi connectivity index (χ0n) is 12.5. The van der Waals surface area contributed by atoms with Crippen LogP contribution in [0.1, 0.15) is 25.7 Å². The van der Waals surface area contributed by atoms with Gasteiger partial charge in [-0.25, -0.2) is 17.6 Å². The van der Waals surface area contributed by atoms with E-state index in [1.54, 1.807) is 0 Å². The molecule has 1 unspecified atom stereocenters. The summed E-state index contributed by atoms with van der Waals surface area (Å²) in [6, 6.07) is 2.05. The SMILES string of the molecule is OC1C(F)(F)CN(C(=S)Nc2ccc(F)c(Cl)c2F)C12CCCC2. The number of nitrogens with zero attached hydrogens (tertiary/aromatic N) is 1. The number of halogens is 5. The van der Waals surface area contributed by atoms with Crippen molar-refractivity contribution in [3.63, 3.8) is 0 Å². The van der Waals surface area contributed by atoms with Crippen LogP contribution in [-0.4, -0.2) is 39.2 Å². The van der Waals surface area contributed by atoms with Crippen LogP contribution < -0.4 is 5.32 Å². The number of alkyl halides is 2. The van der Waals surface area contributed by atoms with Gasteiger partial charge < -0.3 is 15.3 Å². The molecule has 0 aromatic heterocycles. The van der Waals surface area contributed by atoms with E-state index in [4.69, 9.17) is 23.8 Å². The summed E-state index contributed by atoms with van der Waals surface area (Å²) in [5.74, 6) is -5.29. The lowest BCUT2D eigenvalue weighted by Crippen LogP contribution is -2.53. The van der Waals surface area contributed by atoms with Gasteiger partial charge in [0.15, 0.2) is 10.9 Å². The Morgan fingerprint density at radius 2 is 1.92 bits per heavy atom. The predicted octanol–water partition coefficient (Wildman–Crippen LogP) is 3.94. The highest BCUT2D eigenvalue weighted by Gasteiger charge is 2.64. The van der Waals surface area contributed by atoms with Crippen molar-refractivity contribution in [3.8, 4) is 0 Å². The summed E-state index contributed by atoms with van der Waals surface area (Å²) in [6.07, 6.45) is 0.302. The molecule has 24 heavy (non-hydrogen) atoms. The molecule has 1 saturated carbocycles. The molecule has 132 valence electrons. The van der Waals surface area contributed by atoms with Gasteiger partial charge in [-0.05, 0) is 37.2 Å². The quantitative estimate of drug-likeness (QED) is 0.438. The van der Waals surface area contributed by atoms with Gasteiger partial charge in [0, 0.05) is 0 Å². The molecule has 0 bridgehead atoms. The van der Waals surface area contributed by atoms with Crippen molar-refractivity contribution in [2.24, 2.45) is 0 Å². The maximum Gasteiger partial charge on any atom is 0.292 e. The van der Waals surface area contributed by atoms with Crippen molar-refractivity contribution >= 4 is 34.6 Å². The Hall–Kier alpha value is -1.12. The van der Waals surface area contributed by atoms with E-state index < -0.39 is 40.8 Å². The van der Waals surface area contributed by atoms with Crippen molar-refractivity contribution in [3.05, 3.63) is 28.8 Å². The summed E-state index contributed by atoms with van der Waals surface area (Å²) in [5.41, 5.74) is -1.36. The third-order valence-electron chi connectivity index (χ3n) is 4.81. The second kappa shape index (κ2) is 6.00. The number of benzene rings is 1. The Morgan fingerprint density at radius 1 is 1.29 bits per heavy atom. The number of hydrogen-bond acceptors (Lipinski definition) is 2. The monoisotopic (exact) mass is 382 g/mol. The van der Waals surface area contributed by atoms with Crippen LogP contribution >= 0.6 is 23.8 Å². The Kier molecular flexibility index (Phi) is 4.42. The predicted molar refractivity (Wildman–Crippen MR) is 86.4 cm³/mol. The van der Waals surface area contributed by atoms with E-state index >= 15 is 0 Å². The summed E-state index contributed by atoms with van der Waals surface area (Å²) in [6.45, 7) is -0.753. The third-order valence-corrected chi connectivity index (χ3v) is 5.48. The number of aliphatic hydroxyl groups excluding tert-OH is 1.